The fourth-order valence-corrected chi connectivity index (χ4v) is 3.13. The lowest BCUT2D eigenvalue weighted by molar-refractivity contribution is 0.571. The van der Waals surface area contributed by atoms with Gasteiger partial charge in [-0.1, -0.05) is 43.4 Å². The molecule has 0 bridgehead atoms. The molecule has 0 aromatic heterocycles. The van der Waals surface area contributed by atoms with Crippen molar-refractivity contribution in [3.05, 3.63) is 30.3 Å². The fourth-order valence-electron chi connectivity index (χ4n) is 1.27. The first-order chi connectivity index (χ1) is 6.81. The molecule has 0 radical (unpaired) electrons. The molecule has 0 saturated carbocycles. The van der Waals surface area contributed by atoms with Gasteiger partial charge < -0.3 is 0 Å². The molecular formula is C14H20Si. The SMILES string of the molecule is CC(C)(C)C#C[Si](C)(C)c1ccccc1. The summed E-state index contributed by atoms with van der Waals surface area (Å²) in [5, 5.41) is 1.42. The van der Waals surface area contributed by atoms with Crippen LogP contribution in [0.15, 0.2) is 30.3 Å². The predicted octanol–water partition coefficient (Wildman–Crippen LogP) is 3.19. The van der Waals surface area contributed by atoms with Gasteiger partial charge in [0.15, 0.2) is 8.07 Å². The van der Waals surface area contributed by atoms with Gasteiger partial charge in [-0.3, -0.25) is 0 Å². The third kappa shape index (κ3) is 3.93. The minimum atomic E-state index is -1.55. The molecule has 0 heterocycles. The second-order valence-corrected chi connectivity index (χ2v) is 9.57. The van der Waals surface area contributed by atoms with Crippen LogP contribution in [-0.2, 0) is 0 Å². The normalized spacial score (nSPS) is 11.8. The van der Waals surface area contributed by atoms with Gasteiger partial charge in [-0.2, -0.15) is 0 Å². The Labute approximate surface area is 94.7 Å². The highest BCUT2D eigenvalue weighted by Gasteiger charge is 2.20. The summed E-state index contributed by atoms with van der Waals surface area (Å²) in [5.74, 6) is 3.37. The lowest BCUT2D eigenvalue weighted by Gasteiger charge is -2.17. The second-order valence-electron chi connectivity index (χ2n) is 5.49. The van der Waals surface area contributed by atoms with Crippen molar-refractivity contribution in [1.29, 1.82) is 0 Å². The number of benzene rings is 1. The van der Waals surface area contributed by atoms with Crippen LogP contribution in [0.2, 0.25) is 13.1 Å². The summed E-state index contributed by atoms with van der Waals surface area (Å²) in [5.41, 5.74) is 3.61. The molecule has 1 aromatic carbocycles. The number of hydrogen-bond donors (Lipinski definition) is 0. The monoisotopic (exact) mass is 216 g/mol. The van der Waals surface area contributed by atoms with Crippen LogP contribution >= 0.6 is 0 Å². The Morgan fingerprint density at radius 2 is 1.53 bits per heavy atom. The Morgan fingerprint density at radius 3 is 2.00 bits per heavy atom. The smallest absolute Gasteiger partial charge is 0.126 e. The molecule has 0 nitrogen and oxygen atoms in total. The Morgan fingerprint density at radius 1 is 1.00 bits per heavy atom. The third-order valence-electron chi connectivity index (χ3n) is 2.25. The van der Waals surface area contributed by atoms with Crippen LogP contribution in [0, 0.1) is 16.9 Å². The van der Waals surface area contributed by atoms with E-state index in [2.05, 4.69) is 75.7 Å². The van der Waals surface area contributed by atoms with Gasteiger partial charge in [-0.25, -0.2) is 0 Å². The molecule has 0 aliphatic rings. The van der Waals surface area contributed by atoms with Crippen LogP contribution in [0.3, 0.4) is 0 Å². The molecule has 1 rings (SSSR count). The first-order valence-corrected chi connectivity index (χ1v) is 8.41. The van der Waals surface area contributed by atoms with Crippen molar-refractivity contribution in [2.45, 2.75) is 33.9 Å². The fraction of sp³-hybridized carbons (Fsp3) is 0.429. The molecule has 0 fully saturated rings. The van der Waals surface area contributed by atoms with Gasteiger partial charge in [-0.05, 0) is 26.0 Å². The van der Waals surface area contributed by atoms with Gasteiger partial charge in [0, 0.05) is 5.41 Å². The van der Waals surface area contributed by atoms with Crippen LogP contribution in [0.25, 0.3) is 0 Å². The molecule has 1 aromatic rings. The first-order valence-electron chi connectivity index (χ1n) is 5.41. The maximum Gasteiger partial charge on any atom is 0.162 e. The maximum atomic E-state index is 3.50. The molecule has 0 saturated heterocycles. The topological polar surface area (TPSA) is 0 Å². The summed E-state index contributed by atoms with van der Waals surface area (Å²) in [6.07, 6.45) is 0. The molecule has 0 unspecified atom stereocenters. The lowest BCUT2D eigenvalue weighted by Crippen LogP contribution is -2.40. The molecule has 0 aliphatic heterocycles. The van der Waals surface area contributed by atoms with E-state index in [1.807, 2.05) is 0 Å². The van der Waals surface area contributed by atoms with Crippen LogP contribution < -0.4 is 5.19 Å². The van der Waals surface area contributed by atoms with E-state index in [0.29, 0.717) is 0 Å². The molecule has 0 aliphatic carbocycles. The summed E-state index contributed by atoms with van der Waals surface area (Å²) >= 11 is 0. The van der Waals surface area contributed by atoms with Crippen LogP contribution in [0.5, 0.6) is 0 Å². The highest BCUT2D eigenvalue weighted by atomic mass is 28.3. The number of rotatable bonds is 1. The average Bonchev–Trinajstić information content (AvgIpc) is 2.16. The van der Waals surface area contributed by atoms with E-state index in [1.54, 1.807) is 0 Å². The Hall–Kier alpha value is -1.00. The van der Waals surface area contributed by atoms with Crippen molar-refractivity contribution in [1.82, 2.24) is 0 Å². The van der Waals surface area contributed by atoms with Crippen molar-refractivity contribution in [2.75, 3.05) is 0 Å². The third-order valence-corrected chi connectivity index (χ3v) is 4.77. The van der Waals surface area contributed by atoms with E-state index in [1.165, 1.54) is 5.19 Å². The summed E-state index contributed by atoms with van der Waals surface area (Å²) < 4.78 is 0. The zero-order chi connectivity index (χ0) is 11.5. The van der Waals surface area contributed by atoms with E-state index >= 15 is 0 Å². The zero-order valence-corrected chi connectivity index (χ0v) is 11.4. The second kappa shape index (κ2) is 4.24. The van der Waals surface area contributed by atoms with Crippen molar-refractivity contribution in [3.63, 3.8) is 0 Å². The van der Waals surface area contributed by atoms with Crippen LogP contribution in [0.1, 0.15) is 20.8 Å². The maximum absolute atomic E-state index is 3.50. The van der Waals surface area contributed by atoms with E-state index in [-0.39, 0.29) is 5.41 Å². The zero-order valence-electron chi connectivity index (χ0n) is 10.4. The van der Waals surface area contributed by atoms with Crippen LogP contribution in [-0.4, -0.2) is 8.07 Å². The highest BCUT2D eigenvalue weighted by molar-refractivity contribution is 6.96. The highest BCUT2D eigenvalue weighted by Crippen LogP contribution is 2.11. The Balaban J connectivity index is 2.98. The molecule has 0 amide bonds. The molecule has 80 valence electrons. The van der Waals surface area contributed by atoms with E-state index in [0.717, 1.165) is 0 Å². The van der Waals surface area contributed by atoms with Crippen molar-refractivity contribution >= 4 is 13.3 Å². The largest absolute Gasteiger partial charge is 0.162 e. The van der Waals surface area contributed by atoms with Gasteiger partial charge in [0.2, 0.25) is 0 Å². The molecule has 15 heavy (non-hydrogen) atoms. The first kappa shape index (κ1) is 12.1. The Kier molecular flexibility index (Phi) is 3.41. The van der Waals surface area contributed by atoms with Gasteiger partial charge in [0.1, 0.15) is 0 Å². The van der Waals surface area contributed by atoms with Crippen LogP contribution in [0.4, 0.5) is 0 Å². The minimum Gasteiger partial charge on any atom is -0.126 e. The van der Waals surface area contributed by atoms with Crippen molar-refractivity contribution < 1.29 is 0 Å². The van der Waals surface area contributed by atoms with Gasteiger partial charge in [-0.15, -0.1) is 11.5 Å². The summed E-state index contributed by atoms with van der Waals surface area (Å²) in [4.78, 5) is 0. The van der Waals surface area contributed by atoms with Gasteiger partial charge >= 0.3 is 0 Å². The van der Waals surface area contributed by atoms with E-state index in [9.17, 15) is 0 Å². The number of hydrogen-bond acceptors (Lipinski definition) is 0. The predicted molar refractivity (Wildman–Crippen MR) is 70.8 cm³/mol. The molecule has 0 spiro atoms. The minimum absolute atomic E-state index is 0.110. The molecule has 0 N–H and O–H groups in total. The van der Waals surface area contributed by atoms with Gasteiger partial charge in [0.05, 0.1) is 0 Å². The molecule has 0 atom stereocenters. The van der Waals surface area contributed by atoms with E-state index in [4.69, 9.17) is 0 Å². The van der Waals surface area contributed by atoms with Crippen molar-refractivity contribution in [3.8, 4) is 11.5 Å². The van der Waals surface area contributed by atoms with Crippen molar-refractivity contribution in [2.24, 2.45) is 5.41 Å². The summed E-state index contributed by atoms with van der Waals surface area (Å²) in [6.45, 7) is 11.1. The summed E-state index contributed by atoms with van der Waals surface area (Å²) in [7, 11) is -1.55. The van der Waals surface area contributed by atoms with E-state index < -0.39 is 8.07 Å². The molecule has 1 heteroatoms. The molecular weight excluding hydrogens is 196 g/mol. The standard InChI is InChI=1S/C14H20Si/c1-14(2,3)11-12-15(4,5)13-9-7-6-8-10-13/h6-10H,1-5H3. The van der Waals surface area contributed by atoms with Gasteiger partial charge in [0.25, 0.3) is 0 Å². The lowest BCUT2D eigenvalue weighted by atomic mass is 9.99. The Bertz CT molecular complexity index is 371. The summed E-state index contributed by atoms with van der Waals surface area (Å²) in [6, 6.07) is 10.7. The average molecular weight is 216 g/mol. The quantitative estimate of drug-likeness (QED) is 0.499.